The first-order chi connectivity index (χ1) is 8.88. The highest BCUT2D eigenvalue weighted by Crippen LogP contribution is 2.23. The van der Waals surface area contributed by atoms with Crippen LogP contribution in [0, 0.1) is 0 Å². The Morgan fingerprint density at radius 2 is 1.72 bits per heavy atom. The van der Waals surface area contributed by atoms with E-state index < -0.39 is 0 Å². The van der Waals surface area contributed by atoms with Crippen molar-refractivity contribution in [3.8, 4) is 0 Å². The third-order valence-electron chi connectivity index (χ3n) is 2.62. The van der Waals surface area contributed by atoms with Gasteiger partial charge in [-0.1, -0.05) is 42.5 Å². The molecule has 1 nitrogen and oxygen atoms in total. The van der Waals surface area contributed by atoms with E-state index in [4.69, 9.17) is 4.74 Å². The number of thioether (sulfide) groups is 1. The van der Waals surface area contributed by atoms with Gasteiger partial charge in [-0.3, -0.25) is 0 Å². The Labute approximate surface area is 113 Å². The van der Waals surface area contributed by atoms with Crippen LogP contribution in [-0.4, -0.2) is 6.61 Å². The molecule has 2 aromatic carbocycles. The van der Waals surface area contributed by atoms with Gasteiger partial charge in [0.15, 0.2) is 0 Å². The smallest absolute Gasteiger partial charge is 0.0717 e. The summed E-state index contributed by atoms with van der Waals surface area (Å²) in [5.41, 5.74) is 2.60. The van der Waals surface area contributed by atoms with Crippen molar-refractivity contribution in [2.24, 2.45) is 0 Å². The lowest BCUT2D eigenvalue weighted by molar-refractivity contribution is 0.134. The fraction of sp³-hybridized carbons (Fsp3) is 0.250. The molecule has 0 spiro atoms. The van der Waals surface area contributed by atoms with Crippen molar-refractivity contribution in [2.45, 2.75) is 24.2 Å². The quantitative estimate of drug-likeness (QED) is 0.705. The first kappa shape index (κ1) is 13.2. The SMILES string of the molecule is CCOCc1cccc(SCc2ccccc2)c1. The van der Waals surface area contributed by atoms with E-state index in [0.29, 0.717) is 6.61 Å². The van der Waals surface area contributed by atoms with Crippen LogP contribution < -0.4 is 0 Å². The van der Waals surface area contributed by atoms with Crippen LogP contribution in [0.4, 0.5) is 0 Å². The summed E-state index contributed by atoms with van der Waals surface area (Å²) in [5, 5.41) is 0. The minimum absolute atomic E-state index is 0.705. The molecule has 2 heteroatoms. The summed E-state index contributed by atoms with van der Waals surface area (Å²) in [4.78, 5) is 1.30. The highest BCUT2D eigenvalue weighted by Gasteiger charge is 1.98. The van der Waals surface area contributed by atoms with Crippen LogP contribution in [0.3, 0.4) is 0 Å². The van der Waals surface area contributed by atoms with Gasteiger partial charge in [-0.2, -0.15) is 0 Å². The van der Waals surface area contributed by atoms with Crippen LogP contribution in [0.25, 0.3) is 0 Å². The molecule has 0 saturated carbocycles. The molecule has 0 radical (unpaired) electrons. The minimum Gasteiger partial charge on any atom is -0.377 e. The van der Waals surface area contributed by atoms with Crippen LogP contribution in [0.5, 0.6) is 0 Å². The summed E-state index contributed by atoms with van der Waals surface area (Å²) in [5.74, 6) is 1.01. The summed E-state index contributed by atoms with van der Waals surface area (Å²) >= 11 is 1.87. The third kappa shape index (κ3) is 4.21. The zero-order chi connectivity index (χ0) is 12.6. The molecule has 94 valence electrons. The van der Waals surface area contributed by atoms with Crippen molar-refractivity contribution in [1.82, 2.24) is 0 Å². The van der Waals surface area contributed by atoms with Gasteiger partial charge < -0.3 is 4.74 Å². The monoisotopic (exact) mass is 258 g/mol. The van der Waals surface area contributed by atoms with Crippen LogP contribution in [0.2, 0.25) is 0 Å². The molecule has 18 heavy (non-hydrogen) atoms. The topological polar surface area (TPSA) is 9.23 Å². The Morgan fingerprint density at radius 3 is 2.50 bits per heavy atom. The lowest BCUT2D eigenvalue weighted by Crippen LogP contribution is -1.91. The number of ether oxygens (including phenoxy) is 1. The molecule has 0 aromatic heterocycles. The van der Waals surface area contributed by atoms with Crippen molar-refractivity contribution in [3.05, 3.63) is 65.7 Å². The molecule has 2 rings (SSSR count). The molecule has 0 heterocycles. The normalized spacial score (nSPS) is 10.5. The van der Waals surface area contributed by atoms with E-state index in [2.05, 4.69) is 54.6 Å². The molecule has 0 fully saturated rings. The number of benzene rings is 2. The maximum atomic E-state index is 5.43. The largest absolute Gasteiger partial charge is 0.377 e. The predicted molar refractivity (Wildman–Crippen MR) is 77.8 cm³/mol. The van der Waals surface area contributed by atoms with Gasteiger partial charge in [0.25, 0.3) is 0 Å². The van der Waals surface area contributed by atoms with E-state index in [9.17, 15) is 0 Å². The maximum Gasteiger partial charge on any atom is 0.0717 e. The first-order valence-corrected chi connectivity index (χ1v) is 7.20. The second kappa shape index (κ2) is 7.24. The van der Waals surface area contributed by atoms with Gasteiger partial charge >= 0.3 is 0 Å². The van der Waals surface area contributed by atoms with Gasteiger partial charge in [-0.05, 0) is 30.2 Å². The Balaban J connectivity index is 1.93. The summed E-state index contributed by atoms with van der Waals surface area (Å²) in [7, 11) is 0. The fourth-order valence-corrected chi connectivity index (χ4v) is 2.62. The highest BCUT2D eigenvalue weighted by atomic mass is 32.2. The van der Waals surface area contributed by atoms with Crippen LogP contribution >= 0.6 is 11.8 Å². The van der Waals surface area contributed by atoms with Crippen molar-refractivity contribution in [2.75, 3.05) is 6.61 Å². The van der Waals surface area contributed by atoms with Gasteiger partial charge in [0.1, 0.15) is 0 Å². The van der Waals surface area contributed by atoms with Gasteiger partial charge in [-0.25, -0.2) is 0 Å². The summed E-state index contributed by atoms with van der Waals surface area (Å²) in [6.07, 6.45) is 0. The standard InChI is InChI=1S/C16H18OS/c1-2-17-12-15-9-6-10-16(11-15)18-13-14-7-4-3-5-8-14/h3-11H,2,12-13H2,1H3. The van der Waals surface area contributed by atoms with E-state index in [1.165, 1.54) is 16.0 Å². The van der Waals surface area contributed by atoms with Crippen molar-refractivity contribution < 1.29 is 4.74 Å². The first-order valence-electron chi connectivity index (χ1n) is 6.22. The zero-order valence-electron chi connectivity index (χ0n) is 10.6. The van der Waals surface area contributed by atoms with Crippen molar-refractivity contribution in [1.29, 1.82) is 0 Å². The second-order valence-corrected chi connectivity index (χ2v) is 5.11. The van der Waals surface area contributed by atoms with E-state index in [1.807, 2.05) is 18.7 Å². The number of hydrogen-bond donors (Lipinski definition) is 0. The van der Waals surface area contributed by atoms with Crippen LogP contribution in [-0.2, 0) is 17.1 Å². The van der Waals surface area contributed by atoms with Gasteiger partial charge in [0.05, 0.1) is 6.61 Å². The molecular weight excluding hydrogens is 240 g/mol. The van der Waals surface area contributed by atoms with E-state index >= 15 is 0 Å². The van der Waals surface area contributed by atoms with Crippen molar-refractivity contribution >= 4 is 11.8 Å². The second-order valence-electron chi connectivity index (χ2n) is 4.06. The van der Waals surface area contributed by atoms with E-state index in [-0.39, 0.29) is 0 Å². The molecule has 0 amide bonds. The molecule has 0 saturated heterocycles. The predicted octanol–water partition coefficient (Wildman–Crippen LogP) is 4.52. The average Bonchev–Trinajstić information content (AvgIpc) is 2.44. The molecule has 0 bridgehead atoms. The molecule has 0 aliphatic heterocycles. The third-order valence-corrected chi connectivity index (χ3v) is 3.68. The maximum absolute atomic E-state index is 5.43. The Hall–Kier alpha value is -1.25. The van der Waals surface area contributed by atoms with Gasteiger partial charge in [0.2, 0.25) is 0 Å². The molecule has 0 aliphatic rings. The van der Waals surface area contributed by atoms with E-state index in [0.717, 1.165) is 12.4 Å². The van der Waals surface area contributed by atoms with Crippen LogP contribution in [0.15, 0.2) is 59.5 Å². The molecule has 0 atom stereocenters. The highest BCUT2D eigenvalue weighted by molar-refractivity contribution is 7.98. The molecule has 0 N–H and O–H groups in total. The van der Waals surface area contributed by atoms with Crippen molar-refractivity contribution in [3.63, 3.8) is 0 Å². The Bertz CT molecular complexity index is 468. The molecule has 0 aliphatic carbocycles. The lowest BCUT2D eigenvalue weighted by atomic mass is 10.2. The average molecular weight is 258 g/mol. The number of hydrogen-bond acceptors (Lipinski definition) is 2. The molecule has 0 unspecified atom stereocenters. The van der Waals surface area contributed by atoms with E-state index in [1.54, 1.807) is 0 Å². The molecular formula is C16H18OS. The molecule has 2 aromatic rings. The summed E-state index contributed by atoms with van der Waals surface area (Å²) < 4.78 is 5.43. The van der Waals surface area contributed by atoms with Gasteiger partial charge in [0, 0.05) is 17.3 Å². The summed E-state index contributed by atoms with van der Waals surface area (Å²) in [6, 6.07) is 19.1. The lowest BCUT2D eigenvalue weighted by Gasteiger charge is -2.05. The minimum atomic E-state index is 0.705. The Morgan fingerprint density at radius 1 is 0.944 bits per heavy atom. The van der Waals surface area contributed by atoms with Crippen LogP contribution in [0.1, 0.15) is 18.1 Å². The fourth-order valence-electron chi connectivity index (χ4n) is 1.69. The zero-order valence-corrected chi connectivity index (χ0v) is 11.5. The summed E-state index contributed by atoms with van der Waals surface area (Å²) in [6.45, 7) is 3.49. The Kier molecular flexibility index (Phi) is 5.31. The van der Waals surface area contributed by atoms with Gasteiger partial charge in [-0.15, -0.1) is 11.8 Å². The number of rotatable bonds is 6.